The van der Waals surface area contributed by atoms with E-state index < -0.39 is 5.97 Å². The van der Waals surface area contributed by atoms with Crippen LogP contribution < -0.4 is 0 Å². The van der Waals surface area contributed by atoms with Crippen molar-refractivity contribution in [1.82, 2.24) is 10.1 Å². The first-order chi connectivity index (χ1) is 8.61. The van der Waals surface area contributed by atoms with E-state index in [4.69, 9.17) is 9.63 Å². The zero-order valence-electron chi connectivity index (χ0n) is 10.3. The van der Waals surface area contributed by atoms with E-state index in [1.54, 1.807) is 12.1 Å². The molecule has 1 N–H and O–H groups in total. The van der Waals surface area contributed by atoms with E-state index in [0.29, 0.717) is 17.3 Å². The molecule has 94 valence electrons. The molecule has 5 nitrogen and oxygen atoms in total. The number of hydrogen-bond acceptors (Lipinski definition) is 4. The summed E-state index contributed by atoms with van der Waals surface area (Å²) in [7, 11) is 0. The maximum atomic E-state index is 10.9. The molecule has 18 heavy (non-hydrogen) atoms. The van der Waals surface area contributed by atoms with Crippen LogP contribution in [0, 0.1) is 0 Å². The Kier molecular flexibility index (Phi) is 3.41. The van der Waals surface area contributed by atoms with Gasteiger partial charge in [0, 0.05) is 11.5 Å². The molecule has 2 aromatic rings. The number of carboxylic acids is 1. The summed E-state index contributed by atoms with van der Waals surface area (Å²) >= 11 is 0. The first kappa shape index (κ1) is 12.3. The zero-order chi connectivity index (χ0) is 13.1. The van der Waals surface area contributed by atoms with E-state index in [-0.39, 0.29) is 11.5 Å². The van der Waals surface area contributed by atoms with Gasteiger partial charge in [-0.3, -0.25) is 0 Å². The molecule has 0 fully saturated rings. The molecule has 0 amide bonds. The minimum Gasteiger partial charge on any atom is -0.478 e. The Labute approximate surface area is 104 Å². The lowest BCUT2D eigenvalue weighted by molar-refractivity contribution is 0.0697. The van der Waals surface area contributed by atoms with Crippen molar-refractivity contribution in [3.8, 4) is 11.5 Å². The largest absolute Gasteiger partial charge is 0.478 e. The Morgan fingerprint density at radius 1 is 1.50 bits per heavy atom. The highest BCUT2D eigenvalue weighted by Crippen LogP contribution is 2.22. The van der Waals surface area contributed by atoms with Gasteiger partial charge in [-0.15, -0.1) is 0 Å². The van der Waals surface area contributed by atoms with Crippen LogP contribution in [-0.2, 0) is 0 Å². The molecule has 0 aliphatic rings. The minimum absolute atomic E-state index is 0.204. The summed E-state index contributed by atoms with van der Waals surface area (Å²) in [6.45, 7) is 4.06. The molecule has 2 rings (SSSR count). The van der Waals surface area contributed by atoms with Crippen LogP contribution in [0.25, 0.3) is 11.5 Å². The lowest BCUT2D eigenvalue weighted by Crippen LogP contribution is -1.96. The summed E-state index contributed by atoms with van der Waals surface area (Å²) in [5.74, 6) is 0.255. The van der Waals surface area contributed by atoms with Crippen LogP contribution in [0.4, 0.5) is 0 Å². The number of nitrogens with zero attached hydrogens (tertiary/aromatic N) is 2. The smallest absolute Gasteiger partial charge is 0.335 e. The van der Waals surface area contributed by atoms with Crippen molar-refractivity contribution in [2.45, 2.75) is 26.2 Å². The van der Waals surface area contributed by atoms with Crippen LogP contribution in [0.15, 0.2) is 28.8 Å². The van der Waals surface area contributed by atoms with Gasteiger partial charge in [-0.05, 0) is 24.6 Å². The molecule has 1 unspecified atom stereocenters. The molecule has 1 aromatic heterocycles. The zero-order valence-corrected chi connectivity index (χ0v) is 10.3. The number of hydrogen-bond donors (Lipinski definition) is 1. The van der Waals surface area contributed by atoms with Gasteiger partial charge in [-0.2, -0.15) is 4.98 Å². The third-order valence-corrected chi connectivity index (χ3v) is 2.85. The van der Waals surface area contributed by atoms with E-state index in [1.165, 1.54) is 12.1 Å². The fourth-order valence-electron chi connectivity index (χ4n) is 1.52. The monoisotopic (exact) mass is 246 g/mol. The SMILES string of the molecule is CCC(C)c1noc(-c2cccc(C(=O)O)c2)n1. The molecule has 0 aliphatic heterocycles. The van der Waals surface area contributed by atoms with Crippen LogP contribution in [0.2, 0.25) is 0 Å². The van der Waals surface area contributed by atoms with Crippen molar-refractivity contribution < 1.29 is 14.4 Å². The van der Waals surface area contributed by atoms with Crippen molar-refractivity contribution in [3.05, 3.63) is 35.7 Å². The lowest BCUT2D eigenvalue weighted by Gasteiger charge is -1.99. The van der Waals surface area contributed by atoms with Crippen molar-refractivity contribution in [1.29, 1.82) is 0 Å². The summed E-state index contributed by atoms with van der Waals surface area (Å²) in [5, 5.41) is 12.8. The minimum atomic E-state index is -0.974. The number of aromatic nitrogens is 2. The van der Waals surface area contributed by atoms with Crippen molar-refractivity contribution in [2.24, 2.45) is 0 Å². The standard InChI is InChI=1S/C13H14N2O3/c1-3-8(2)11-14-12(18-15-11)9-5-4-6-10(7-9)13(16)17/h4-8H,3H2,1-2H3,(H,16,17). The highest BCUT2D eigenvalue weighted by molar-refractivity contribution is 5.88. The molecule has 1 heterocycles. The van der Waals surface area contributed by atoms with Crippen LogP contribution in [-0.4, -0.2) is 21.2 Å². The number of aromatic carboxylic acids is 1. The summed E-state index contributed by atoms with van der Waals surface area (Å²) < 4.78 is 5.15. The van der Waals surface area contributed by atoms with E-state index in [9.17, 15) is 4.79 Å². The molecule has 0 saturated heterocycles. The highest BCUT2D eigenvalue weighted by atomic mass is 16.5. The first-order valence-electron chi connectivity index (χ1n) is 5.79. The summed E-state index contributed by atoms with van der Waals surface area (Å²) in [6, 6.07) is 6.46. The van der Waals surface area contributed by atoms with Crippen LogP contribution >= 0.6 is 0 Å². The molecule has 0 aliphatic carbocycles. The van der Waals surface area contributed by atoms with Gasteiger partial charge in [0.1, 0.15) is 0 Å². The molecule has 1 aromatic carbocycles. The molecule has 0 radical (unpaired) electrons. The van der Waals surface area contributed by atoms with Crippen molar-refractivity contribution in [3.63, 3.8) is 0 Å². The van der Waals surface area contributed by atoms with Gasteiger partial charge in [0.15, 0.2) is 5.82 Å². The predicted molar refractivity (Wildman–Crippen MR) is 65.4 cm³/mol. The predicted octanol–water partition coefficient (Wildman–Crippen LogP) is 2.95. The molecular formula is C13H14N2O3. The highest BCUT2D eigenvalue weighted by Gasteiger charge is 2.14. The molecule has 0 saturated carbocycles. The third kappa shape index (κ3) is 2.40. The van der Waals surface area contributed by atoms with Crippen LogP contribution in [0.3, 0.4) is 0 Å². The quantitative estimate of drug-likeness (QED) is 0.897. The third-order valence-electron chi connectivity index (χ3n) is 2.85. The van der Waals surface area contributed by atoms with Gasteiger partial charge in [0.25, 0.3) is 5.89 Å². The van der Waals surface area contributed by atoms with Crippen molar-refractivity contribution >= 4 is 5.97 Å². The Balaban J connectivity index is 2.34. The molecule has 0 spiro atoms. The van der Waals surface area contributed by atoms with Crippen LogP contribution in [0.1, 0.15) is 42.4 Å². The maximum absolute atomic E-state index is 10.9. The molecule has 0 bridgehead atoms. The van der Waals surface area contributed by atoms with Gasteiger partial charge in [0.2, 0.25) is 0 Å². The molecular weight excluding hydrogens is 232 g/mol. The normalized spacial score (nSPS) is 12.3. The second-order valence-corrected chi connectivity index (χ2v) is 4.15. The van der Waals surface area contributed by atoms with E-state index >= 15 is 0 Å². The van der Waals surface area contributed by atoms with Gasteiger partial charge >= 0.3 is 5.97 Å². The number of carboxylic acid groups (broad SMARTS) is 1. The van der Waals surface area contributed by atoms with Gasteiger partial charge in [0.05, 0.1) is 5.56 Å². The summed E-state index contributed by atoms with van der Waals surface area (Å²) in [5.41, 5.74) is 0.827. The van der Waals surface area contributed by atoms with Crippen molar-refractivity contribution in [2.75, 3.05) is 0 Å². The average Bonchev–Trinajstić information content (AvgIpc) is 2.87. The fraction of sp³-hybridized carbons (Fsp3) is 0.308. The van der Waals surface area contributed by atoms with E-state index in [2.05, 4.69) is 10.1 Å². The molecule has 1 atom stereocenters. The lowest BCUT2D eigenvalue weighted by atomic mass is 10.1. The first-order valence-corrected chi connectivity index (χ1v) is 5.79. The second kappa shape index (κ2) is 5.00. The van der Waals surface area contributed by atoms with E-state index in [1.807, 2.05) is 13.8 Å². The number of rotatable bonds is 4. The van der Waals surface area contributed by atoms with Crippen LogP contribution in [0.5, 0.6) is 0 Å². The second-order valence-electron chi connectivity index (χ2n) is 4.15. The average molecular weight is 246 g/mol. The molecule has 5 heteroatoms. The maximum Gasteiger partial charge on any atom is 0.335 e. The Morgan fingerprint density at radius 2 is 2.28 bits per heavy atom. The van der Waals surface area contributed by atoms with Gasteiger partial charge in [-0.25, -0.2) is 4.79 Å². The Morgan fingerprint density at radius 3 is 2.94 bits per heavy atom. The number of carbonyl (C=O) groups is 1. The Hall–Kier alpha value is -2.17. The van der Waals surface area contributed by atoms with Gasteiger partial charge < -0.3 is 9.63 Å². The fourth-order valence-corrected chi connectivity index (χ4v) is 1.52. The van der Waals surface area contributed by atoms with E-state index in [0.717, 1.165) is 6.42 Å². The Bertz CT molecular complexity index is 563. The van der Waals surface area contributed by atoms with Gasteiger partial charge in [-0.1, -0.05) is 25.1 Å². The summed E-state index contributed by atoms with van der Waals surface area (Å²) in [6.07, 6.45) is 0.925. The number of benzene rings is 1. The summed E-state index contributed by atoms with van der Waals surface area (Å²) in [4.78, 5) is 15.2. The topological polar surface area (TPSA) is 76.2 Å².